The normalized spacial score (nSPS) is 11.4. The lowest BCUT2D eigenvalue weighted by molar-refractivity contribution is 0.564. The number of anilines is 2. The average molecular weight is 287 g/mol. The fourth-order valence-corrected chi connectivity index (χ4v) is 2.21. The first kappa shape index (κ1) is 13.3. The zero-order chi connectivity index (χ0) is 15.0. The van der Waals surface area contributed by atoms with Crippen molar-refractivity contribution in [1.29, 1.82) is 0 Å². The van der Waals surface area contributed by atoms with Gasteiger partial charge >= 0.3 is 0 Å². The van der Waals surface area contributed by atoms with Crippen LogP contribution >= 0.6 is 0 Å². The van der Waals surface area contributed by atoms with E-state index in [-0.39, 0.29) is 5.95 Å². The Morgan fingerprint density at radius 2 is 2.19 bits per heavy atom. The molecule has 0 radical (unpaired) electrons. The number of fused-ring (bicyclic) bond motifs is 1. The van der Waals surface area contributed by atoms with Crippen LogP contribution in [0.4, 0.5) is 11.8 Å². The van der Waals surface area contributed by atoms with E-state index in [2.05, 4.69) is 44.0 Å². The van der Waals surface area contributed by atoms with E-state index in [0.29, 0.717) is 24.1 Å². The third-order valence-electron chi connectivity index (χ3n) is 3.23. The predicted molar refractivity (Wildman–Crippen MR) is 78.6 cm³/mol. The van der Waals surface area contributed by atoms with Crippen molar-refractivity contribution in [3.63, 3.8) is 0 Å². The maximum atomic E-state index is 5.74. The van der Waals surface area contributed by atoms with Gasteiger partial charge in [-0.1, -0.05) is 0 Å². The molecule has 0 aliphatic heterocycles. The van der Waals surface area contributed by atoms with Gasteiger partial charge in [0.05, 0.1) is 12.9 Å². The van der Waals surface area contributed by atoms with Gasteiger partial charge in [0, 0.05) is 13.1 Å². The van der Waals surface area contributed by atoms with E-state index in [1.54, 1.807) is 12.7 Å². The minimum absolute atomic E-state index is 0.196. The number of rotatable bonds is 4. The Kier molecular flexibility index (Phi) is 3.16. The number of H-pyrrole nitrogens is 1. The molecule has 0 amide bonds. The highest BCUT2D eigenvalue weighted by molar-refractivity contribution is 5.83. The van der Waals surface area contributed by atoms with E-state index < -0.39 is 0 Å². The molecule has 3 aromatic rings. The van der Waals surface area contributed by atoms with E-state index in [1.165, 1.54) is 0 Å². The zero-order valence-electron chi connectivity index (χ0n) is 12.1. The van der Waals surface area contributed by atoms with Crippen molar-refractivity contribution in [2.45, 2.75) is 26.4 Å². The summed E-state index contributed by atoms with van der Waals surface area (Å²) in [6.45, 7) is 4.73. The molecule has 3 aromatic heterocycles. The van der Waals surface area contributed by atoms with Crippen molar-refractivity contribution in [2.75, 3.05) is 17.7 Å². The first-order chi connectivity index (χ1) is 10.1. The highest BCUT2D eigenvalue weighted by Gasteiger charge is 2.16. The summed E-state index contributed by atoms with van der Waals surface area (Å²) in [7, 11) is 1.92. The highest BCUT2D eigenvalue weighted by Crippen LogP contribution is 2.22. The van der Waals surface area contributed by atoms with Crippen LogP contribution in [-0.2, 0) is 6.54 Å². The van der Waals surface area contributed by atoms with Crippen LogP contribution < -0.4 is 10.6 Å². The predicted octanol–water partition coefficient (Wildman–Crippen LogP) is 0.744. The second kappa shape index (κ2) is 5.00. The largest absolute Gasteiger partial charge is 0.368 e. The SMILES string of the molecule is CC(C)n1cnnc1CN(C)c1nc(N)nc2nc[nH]c12. The molecule has 0 bridgehead atoms. The Morgan fingerprint density at radius 3 is 2.95 bits per heavy atom. The van der Waals surface area contributed by atoms with Crippen molar-refractivity contribution in [2.24, 2.45) is 0 Å². The van der Waals surface area contributed by atoms with Crippen LogP contribution in [0.5, 0.6) is 0 Å². The van der Waals surface area contributed by atoms with Gasteiger partial charge in [-0.05, 0) is 13.8 Å². The Hall–Kier alpha value is -2.71. The molecule has 9 nitrogen and oxygen atoms in total. The van der Waals surface area contributed by atoms with E-state index in [1.807, 2.05) is 16.5 Å². The molecule has 3 heterocycles. The van der Waals surface area contributed by atoms with Crippen LogP contribution in [0.1, 0.15) is 25.7 Å². The molecule has 3 N–H and O–H groups in total. The van der Waals surface area contributed by atoms with E-state index in [0.717, 1.165) is 11.3 Å². The summed E-state index contributed by atoms with van der Waals surface area (Å²) >= 11 is 0. The topological polar surface area (TPSA) is 114 Å². The lowest BCUT2D eigenvalue weighted by Gasteiger charge is -2.19. The second-order valence-corrected chi connectivity index (χ2v) is 5.11. The van der Waals surface area contributed by atoms with Crippen molar-refractivity contribution < 1.29 is 0 Å². The lowest BCUT2D eigenvalue weighted by atomic mass is 10.3. The molecule has 21 heavy (non-hydrogen) atoms. The van der Waals surface area contributed by atoms with E-state index >= 15 is 0 Å². The second-order valence-electron chi connectivity index (χ2n) is 5.11. The molecule has 0 aromatic carbocycles. The molecule has 0 spiro atoms. The fourth-order valence-electron chi connectivity index (χ4n) is 2.21. The summed E-state index contributed by atoms with van der Waals surface area (Å²) in [4.78, 5) is 17.5. The molecular formula is C12H17N9. The number of hydrogen-bond donors (Lipinski definition) is 2. The first-order valence-corrected chi connectivity index (χ1v) is 6.62. The first-order valence-electron chi connectivity index (χ1n) is 6.62. The molecule has 0 fully saturated rings. The lowest BCUT2D eigenvalue weighted by Crippen LogP contribution is -2.22. The molecule has 0 aliphatic carbocycles. The van der Waals surface area contributed by atoms with Crippen LogP contribution in [0.25, 0.3) is 11.2 Å². The Bertz CT molecular complexity index is 757. The summed E-state index contributed by atoms with van der Waals surface area (Å²) in [5, 5.41) is 8.13. The summed E-state index contributed by atoms with van der Waals surface area (Å²) in [6.07, 6.45) is 3.31. The molecule has 0 saturated carbocycles. The number of nitrogens with two attached hydrogens (primary N) is 1. The summed E-state index contributed by atoms with van der Waals surface area (Å²) < 4.78 is 2.02. The fraction of sp³-hybridized carbons (Fsp3) is 0.417. The summed E-state index contributed by atoms with van der Waals surface area (Å²) in [5.41, 5.74) is 7.04. The van der Waals surface area contributed by atoms with Gasteiger partial charge in [0.2, 0.25) is 5.95 Å². The molecule has 0 saturated heterocycles. The third kappa shape index (κ3) is 2.37. The van der Waals surface area contributed by atoms with Gasteiger partial charge in [-0.15, -0.1) is 10.2 Å². The van der Waals surface area contributed by atoms with Gasteiger partial charge in [-0.3, -0.25) is 0 Å². The van der Waals surface area contributed by atoms with Gasteiger partial charge < -0.3 is 20.2 Å². The monoisotopic (exact) mass is 287 g/mol. The highest BCUT2D eigenvalue weighted by atomic mass is 15.3. The quantitative estimate of drug-likeness (QED) is 0.727. The standard InChI is InChI=1S/C12H17N9/c1-7(2)21-6-16-19-8(21)4-20(3)11-9-10(15-5-14-9)17-12(13)18-11/h5-7H,4H2,1-3H3,(H3,13,14,15,17,18). The zero-order valence-corrected chi connectivity index (χ0v) is 12.1. The van der Waals surface area contributed by atoms with Gasteiger partial charge in [0.25, 0.3) is 0 Å². The van der Waals surface area contributed by atoms with Crippen LogP contribution in [0.3, 0.4) is 0 Å². The van der Waals surface area contributed by atoms with Gasteiger partial charge in [-0.25, -0.2) is 4.98 Å². The van der Waals surface area contributed by atoms with Gasteiger partial charge in [-0.2, -0.15) is 9.97 Å². The van der Waals surface area contributed by atoms with Crippen LogP contribution in [-0.4, -0.2) is 41.7 Å². The van der Waals surface area contributed by atoms with Crippen LogP contribution in [0, 0.1) is 0 Å². The van der Waals surface area contributed by atoms with Gasteiger partial charge in [0.1, 0.15) is 11.8 Å². The molecular weight excluding hydrogens is 270 g/mol. The van der Waals surface area contributed by atoms with Crippen molar-refractivity contribution in [3.8, 4) is 0 Å². The van der Waals surface area contributed by atoms with E-state index in [9.17, 15) is 0 Å². The van der Waals surface area contributed by atoms with Crippen molar-refractivity contribution >= 4 is 22.9 Å². The number of imidazole rings is 1. The maximum absolute atomic E-state index is 5.74. The molecule has 0 aliphatic rings. The van der Waals surface area contributed by atoms with E-state index in [4.69, 9.17) is 5.73 Å². The molecule has 0 atom stereocenters. The third-order valence-corrected chi connectivity index (χ3v) is 3.23. The molecule has 3 rings (SSSR count). The minimum atomic E-state index is 0.196. The number of aromatic nitrogens is 7. The van der Waals surface area contributed by atoms with Crippen molar-refractivity contribution in [1.82, 2.24) is 34.7 Å². The molecule has 9 heteroatoms. The smallest absolute Gasteiger partial charge is 0.224 e. The number of nitrogens with zero attached hydrogens (tertiary/aromatic N) is 7. The number of nitrogen functional groups attached to an aromatic ring is 1. The van der Waals surface area contributed by atoms with Crippen molar-refractivity contribution in [3.05, 3.63) is 18.5 Å². The van der Waals surface area contributed by atoms with Gasteiger partial charge in [0.15, 0.2) is 17.3 Å². The molecule has 110 valence electrons. The number of nitrogens with one attached hydrogen (secondary N) is 1. The Morgan fingerprint density at radius 1 is 1.38 bits per heavy atom. The minimum Gasteiger partial charge on any atom is -0.368 e. The Labute approximate surface area is 121 Å². The average Bonchev–Trinajstić information content (AvgIpc) is 3.05. The van der Waals surface area contributed by atoms with Crippen LogP contribution in [0.2, 0.25) is 0 Å². The number of hydrogen-bond acceptors (Lipinski definition) is 7. The maximum Gasteiger partial charge on any atom is 0.224 e. The summed E-state index contributed by atoms with van der Waals surface area (Å²) in [5.74, 6) is 1.74. The molecule has 0 unspecified atom stereocenters. The summed E-state index contributed by atoms with van der Waals surface area (Å²) in [6, 6.07) is 0.297. The van der Waals surface area contributed by atoms with Crippen LogP contribution in [0.15, 0.2) is 12.7 Å². The number of aromatic amines is 1. The Balaban J connectivity index is 1.95.